The van der Waals surface area contributed by atoms with Crippen molar-refractivity contribution in [1.29, 1.82) is 0 Å². The van der Waals surface area contributed by atoms with Gasteiger partial charge in [-0.05, 0) is 30.5 Å². The third kappa shape index (κ3) is 3.12. The molecule has 0 spiro atoms. The summed E-state index contributed by atoms with van der Waals surface area (Å²) in [6.45, 7) is 2.19. The van der Waals surface area contributed by atoms with Crippen LogP contribution in [-0.4, -0.2) is 26.9 Å². The highest BCUT2D eigenvalue weighted by Crippen LogP contribution is 2.12. The van der Waals surface area contributed by atoms with Crippen molar-refractivity contribution in [2.45, 2.75) is 13.3 Å². The highest BCUT2D eigenvalue weighted by molar-refractivity contribution is 5.96. The molecule has 24 heavy (non-hydrogen) atoms. The number of fused-ring (bicyclic) bond motifs is 1. The van der Waals surface area contributed by atoms with E-state index >= 15 is 0 Å². The molecular formula is C18H17N3O3. The Morgan fingerprint density at radius 2 is 1.96 bits per heavy atom. The largest absolute Gasteiger partial charge is 0.493 e. The number of carbonyl (C=O) groups excluding carboxylic acids is 1. The van der Waals surface area contributed by atoms with Crippen LogP contribution in [-0.2, 0) is 6.42 Å². The Hall–Kier alpha value is -3.15. The molecule has 0 saturated heterocycles. The Morgan fingerprint density at radius 3 is 2.71 bits per heavy atom. The number of nitrogens with zero attached hydrogens (tertiary/aromatic N) is 2. The molecule has 0 radical (unpaired) electrons. The van der Waals surface area contributed by atoms with Crippen LogP contribution in [0.4, 0.5) is 0 Å². The van der Waals surface area contributed by atoms with Gasteiger partial charge in [0.15, 0.2) is 5.56 Å². The lowest BCUT2D eigenvalue weighted by molar-refractivity contribution is 0.0949. The zero-order valence-corrected chi connectivity index (χ0v) is 13.2. The topological polar surface area (TPSA) is 83.7 Å². The quantitative estimate of drug-likeness (QED) is 0.765. The second-order valence-corrected chi connectivity index (χ2v) is 5.54. The fourth-order valence-electron chi connectivity index (χ4n) is 2.49. The highest BCUT2D eigenvalue weighted by atomic mass is 16.3. The van der Waals surface area contributed by atoms with Gasteiger partial charge in [0.25, 0.3) is 11.5 Å². The number of nitrogens with one attached hydrogen (secondary N) is 1. The predicted octanol–water partition coefficient (Wildman–Crippen LogP) is 1.68. The average Bonchev–Trinajstić information content (AvgIpc) is 2.57. The van der Waals surface area contributed by atoms with Crippen LogP contribution in [0.3, 0.4) is 0 Å². The molecule has 6 nitrogen and oxygen atoms in total. The van der Waals surface area contributed by atoms with Gasteiger partial charge in [0.05, 0.1) is 0 Å². The molecule has 0 aliphatic heterocycles. The number of rotatable bonds is 4. The Bertz CT molecular complexity index is 949. The van der Waals surface area contributed by atoms with Crippen LogP contribution >= 0.6 is 0 Å². The number of carbonyl (C=O) groups is 1. The summed E-state index contributed by atoms with van der Waals surface area (Å²) in [5.41, 5.74) is 1.30. The minimum atomic E-state index is -0.628. The molecule has 2 heterocycles. The van der Waals surface area contributed by atoms with Gasteiger partial charge < -0.3 is 10.4 Å². The summed E-state index contributed by atoms with van der Waals surface area (Å²) in [7, 11) is 0. The number of aryl methyl sites for hydroxylation is 1. The van der Waals surface area contributed by atoms with Crippen molar-refractivity contribution in [2.24, 2.45) is 0 Å². The van der Waals surface area contributed by atoms with Crippen LogP contribution in [0.25, 0.3) is 5.65 Å². The van der Waals surface area contributed by atoms with Crippen LogP contribution in [0.15, 0.2) is 53.5 Å². The minimum absolute atomic E-state index is 0.295. The van der Waals surface area contributed by atoms with Crippen LogP contribution < -0.4 is 10.9 Å². The summed E-state index contributed by atoms with van der Waals surface area (Å²) in [5, 5.41) is 12.6. The number of amides is 1. The van der Waals surface area contributed by atoms with E-state index < -0.39 is 17.3 Å². The number of aromatic hydroxyl groups is 1. The van der Waals surface area contributed by atoms with Gasteiger partial charge in [-0.2, -0.15) is 4.98 Å². The van der Waals surface area contributed by atoms with Gasteiger partial charge in [-0.25, -0.2) is 0 Å². The number of benzene rings is 1. The molecule has 0 aliphatic rings. The van der Waals surface area contributed by atoms with Gasteiger partial charge in [0.1, 0.15) is 5.65 Å². The molecule has 0 aliphatic carbocycles. The zero-order chi connectivity index (χ0) is 17.1. The van der Waals surface area contributed by atoms with Crippen LogP contribution in [0.5, 0.6) is 5.88 Å². The van der Waals surface area contributed by atoms with E-state index in [2.05, 4.69) is 10.3 Å². The van der Waals surface area contributed by atoms with Crippen molar-refractivity contribution in [3.05, 3.63) is 75.7 Å². The first kappa shape index (κ1) is 15.7. The van der Waals surface area contributed by atoms with Gasteiger partial charge in [-0.3, -0.25) is 14.0 Å². The standard InChI is InChI=1S/C18H17N3O3/c1-12-7-8-14-20-17(23)15(18(24)21(14)11-12)16(22)19-10-9-13-5-3-2-4-6-13/h2-8,11,23H,9-10H2,1H3,(H,19,22). The number of hydrogen-bond donors (Lipinski definition) is 2. The molecule has 0 atom stereocenters. The van der Waals surface area contributed by atoms with E-state index in [1.165, 1.54) is 4.40 Å². The zero-order valence-electron chi connectivity index (χ0n) is 13.2. The molecule has 122 valence electrons. The normalized spacial score (nSPS) is 10.7. The first-order chi connectivity index (χ1) is 11.6. The van der Waals surface area contributed by atoms with Crippen LogP contribution in [0.1, 0.15) is 21.5 Å². The van der Waals surface area contributed by atoms with Gasteiger partial charge in [-0.15, -0.1) is 0 Å². The van der Waals surface area contributed by atoms with E-state index in [0.29, 0.717) is 18.6 Å². The Morgan fingerprint density at radius 1 is 1.21 bits per heavy atom. The number of pyridine rings is 1. The maximum absolute atomic E-state index is 12.5. The summed E-state index contributed by atoms with van der Waals surface area (Å²) < 4.78 is 1.27. The Balaban J connectivity index is 1.83. The lowest BCUT2D eigenvalue weighted by atomic mass is 10.1. The van der Waals surface area contributed by atoms with E-state index in [1.807, 2.05) is 37.3 Å². The Kier molecular flexibility index (Phi) is 4.29. The summed E-state index contributed by atoms with van der Waals surface area (Å²) in [5.74, 6) is -1.18. The van der Waals surface area contributed by atoms with E-state index in [1.54, 1.807) is 18.3 Å². The number of hydrogen-bond acceptors (Lipinski definition) is 4. The summed E-state index contributed by atoms with van der Waals surface area (Å²) in [6.07, 6.45) is 2.22. The molecule has 3 rings (SSSR count). The smallest absolute Gasteiger partial charge is 0.274 e. The van der Waals surface area contributed by atoms with Gasteiger partial charge in [0.2, 0.25) is 5.88 Å². The van der Waals surface area contributed by atoms with Crippen molar-refractivity contribution in [3.63, 3.8) is 0 Å². The molecule has 0 bridgehead atoms. The molecule has 1 amide bonds. The third-order valence-corrected chi connectivity index (χ3v) is 3.72. The fraction of sp³-hybridized carbons (Fsp3) is 0.167. The lowest BCUT2D eigenvalue weighted by Gasteiger charge is -2.08. The molecule has 6 heteroatoms. The highest BCUT2D eigenvalue weighted by Gasteiger charge is 2.19. The Labute approximate surface area is 138 Å². The van der Waals surface area contributed by atoms with Gasteiger partial charge >= 0.3 is 0 Å². The second kappa shape index (κ2) is 6.54. The predicted molar refractivity (Wildman–Crippen MR) is 90.3 cm³/mol. The number of aromatic nitrogens is 2. The van der Waals surface area contributed by atoms with Crippen LogP contribution in [0, 0.1) is 6.92 Å². The average molecular weight is 323 g/mol. The summed E-state index contributed by atoms with van der Waals surface area (Å²) in [6, 6.07) is 13.1. The van der Waals surface area contributed by atoms with Crippen molar-refractivity contribution >= 4 is 11.6 Å². The maximum atomic E-state index is 12.5. The molecule has 2 aromatic heterocycles. The van der Waals surface area contributed by atoms with E-state index in [-0.39, 0.29) is 5.56 Å². The first-order valence-electron chi connectivity index (χ1n) is 7.60. The summed E-state index contributed by atoms with van der Waals surface area (Å²) in [4.78, 5) is 28.7. The van der Waals surface area contributed by atoms with Crippen molar-refractivity contribution in [3.8, 4) is 5.88 Å². The van der Waals surface area contributed by atoms with Crippen molar-refractivity contribution in [1.82, 2.24) is 14.7 Å². The fourth-order valence-corrected chi connectivity index (χ4v) is 2.49. The van der Waals surface area contributed by atoms with E-state index in [4.69, 9.17) is 0 Å². The minimum Gasteiger partial charge on any atom is -0.493 e. The van der Waals surface area contributed by atoms with Gasteiger partial charge in [-0.1, -0.05) is 36.4 Å². The molecular weight excluding hydrogens is 306 g/mol. The third-order valence-electron chi connectivity index (χ3n) is 3.72. The van der Waals surface area contributed by atoms with Crippen molar-refractivity contribution < 1.29 is 9.90 Å². The van der Waals surface area contributed by atoms with Crippen LogP contribution in [0.2, 0.25) is 0 Å². The lowest BCUT2D eigenvalue weighted by Crippen LogP contribution is -2.33. The molecule has 0 saturated carbocycles. The maximum Gasteiger partial charge on any atom is 0.274 e. The van der Waals surface area contributed by atoms with E-state index in [0.717, 1.165) is 11.1 Å². The molecule has 0 unspecified atom stereocenters. The van der Waals surface area contributed by atoms with Crippen molar-refractivity contribution in [2.75, 3.05) is 6.54 Å². The van der Waals surface area contributed by atoms with Gasteiger partial charge in [0, 0.05) is 12.7 Å². The molecule has 1 aromatic carbocycles. The monoisotopic (exact) mass is 323 g/mol. The molecule has 0 fully saturated rings. The molecule has 2 N–H and O–H groups in total. The SMILES string of the molecule is Cc1ccc2nc(O)c(C(=O)NCCc3ccccc3)c(=O)n2c1. The molecule has 3 aromatic rings. The summed E-state index contributed by atoms with van der Waals surface area (Å²) >= 11 is 0. The van der Waals surface area contributed by atoms with E-state index in [9.17, 15) is 14.7 Å². The first-order valence-corrected chi connectivity index (χ1v) is 7.60. The second-order valence-electron chi connectivity index (χ2n) is 5.54.